The summed E-state index contributed by atoms with van der Waals surface area (Å²) >= 11 is 3.45. The molecule has 0 aliphatic rings. The molecule has 0 bridgehead atoms. The third kappa shape index (κ3) is 4.67. The van der Waals surface area contributed by atoms with E-state index in [1.807, 2.05) is 66.7 Å². The summed E-state index contributed by atoms with van der Waals surface area (Å²) in [6.07, 6.45) is 5.07. The summed E-state index contributed by atoms with van der Waals surface area (Å²) in [6.45, 7) is 0. The number of aromatic nitrogens is 1. The van der Waals surface area contributed by atoms with Crippen molar-refractivity contribution < 1.29 is 9.53 Å². The van der Waals surface area contributed by atoms with Crippen molar-refractivity contribution in [1.29, 1.82) is 0 Å². The molecule has 1 heterocycles. The summed E-state index contributed by atoms with van der Waals surface area (Å²) in [5.41, 5.74) is 2.65. The van der Waals surface area contributed by atoms with E-state index < -0.39 is 0 Å². The monoisotopic (exact) mass is 436 g/mol. The van der Waals surface area contributed by atoms with E-state index in [1.54, 1.807) is 37.4 Å². The number of hydrogen-bond acceptors (Lipinski definition) is 3. The van der Waals surface area contributed by atoms with Gasteiger partial charge in [0, 0.05) is 29.4 Å². The number of pyridine rings is 1. The number of methoxy groups -OCH3 is 1. The maximum absolute atomic E-state index is 12.9. The molecule has 3 rings (SSSR count). The van der Waals surface area contributed by atoms with Crippen LogP contribution >= 0.6 is 15.9 Å². The van der Waals surface area contributed by atoms with Gasteiger partial charge in [0.25, 0.3) is 0 Å². The molecule has 5 heteroatoms. The highest BCUT2D eigenvalue weighted by Crippen LogP contribution is 2.27. The van der Waals surface area contributed by atoms with Gasteiger partial charge < -0.3 is 9.64 Å². The van der Waals surface area contributed by atoms with E-state index in [9.17, 15) is 4.79 Å². The van der Waals surface area contributed by atoms with Gasteiger partial charge in [0.15, 0.2) is 0 Å². The van der Waals surface area contributed by atoms with E-state index in [0.29, 0.717) is 5.75 Å². The second kappa shape index (κ2) is 9.33. The summed E-state index contributed by atoms with van der Waals surface area (Å²) in [7, 11) is 3.40. The molecule has 0 aliphatic carbocycles. The van der Waals surface area contributed by atoms with Gasteiger partial charge in [0.2, 0.25) is 5.91 Å². The average Bonchev–Trinajstić information content (AvgIpc) is 2.73. The van der Waals surface area contributed by atoms with Gasteiger partial charge in [-0.3, -0.25) is 9.78 Å². The molecule has 0 radical (unpaired) electrons. The normalized spacial score (nSPS) is 12.0. The topological polar surface area (TPSA) is 42.4 Å². The Morgan fingerprint density at radius 1 is 1.11 bits per heavy atom. The molecule has 1 atom stereocenters. The maximum Gasteiger partial charge on any atom is 0.247 e. The minimum absolute atomic E-state index is 0.124. The maximum atomic E-state index is 12.9. The molecule has 3 aromatic rings. The number of carbonyl (C=O) groups excluding carboxylic acids is 1. The van der Waals surface area contributed by atoms with Crippen LogP contribution in [0.5, 0.6) is 5.75 Å². The Morgan fingerprint density at radius 2 is 1.86 bits per heavy atom. The molecule has 0 fully saturated rings. The number of rotatable bonds is 6. The van der Waals surface area contributed by atoms with Crippen LogP contribution in [0.25, 0.3) is 6.08 Å². The van der Waals surface area contributed by atoms with E-state index in [1.165, 1.54) is 0 Å². The molecule has 0 spiro atoms. The second-order valence-corrected chi connectivity index (χ2v) is 7.15. The molecule has 28 heavy (non-hydrogen) atoms. The smallest absolute Gasteiger partial charge is 0.247 e. The van der Waals surface area contributed by atoms with Crippen molar-refractivity contribution in [2.24, 2.45) is 0 Å². The summed E-state index contributed by atoms with van der Waals surface area (Å²) in [6, 6.07) is 21.0. The van der Waals surface area contributed by atoms with Crippen LogP contribution in [-0.2, 0) is 4.79 Å². The third-order valence-electron chi connectivity index (χ3n) is 4.42. The van der Waals surface area contributed by atoms with Gasteiger partial charge in [-0.15, -0.1) is 0 Å². The van der Waals surface area contributed by atoms with Crippen LogP contribution in [0.15, 0.2) is 83.5 Å². The van der Waals surface area contributed by atoms with Gasteiger partial charge >= 0.3 is 0 Å². The predicted octanol–water partition coefficient (Wildman–Crippen LogP) is 5.11. The molecule has 1 amide bonds. The predicted molar refractivity (Wildman–Crippen MR) is 115 cm³/mol. The number of ether oxygens (including phenoxy) is 1. The molecular weight excluding hydrogens is 416 g/mol. The second-order valence-electron chi connectivity index (χ2n) is 6.24. The van der Waals surface area contributed by atoms with Gasteiger partial charge in [-0.05, 0) is 42.0 Å². The van der Waals surface area contributed by atoms with Crippen molar-refractivity contribution in [2.75, 3.05) is 14.2 Å². The number of amides is 1. The first kappa shape index (κ1) is 19.8. The molecule has 2 aromatic carbocycles. The standard InChI is InChI=1S/C23H21BrN2O2/c1-26(22(27)14-11-18-16-19(24)12-13-21(18)28-2)23(17-8-4-3-5-9-17)20-10-6-7-15-25-20/h3-16,23H,1-2H3. The van der Waals surface area contributed by atoms with Crippen LogP contribution in [-0.4, -0.2) is 29.9 Å². The summed E-state index contributed by atoms with van der Waals surface area (Å²) in [4.78, 5) is 19.1. The third-order valence-corrected chi connectivity index (χ3v) is 4.91. The Labute approximate surface area is 173 Å². The van der Waals surface area contributed by atoms with Gasteiger partial charge in [-0.25, -0.2) is 0 Å². The van der Waals surface area contributed by atoms with Crippen LogP contribution < -0.4 is 4.74 Å². The van der Waals surface area contributed by atoms with Crippen molar-refractivity contribution in [3.05, 3.63) is 100 Å². The van der Waals surface area contributed by atoms with Crippen LogP contribution in [0.1, 0.15) is 22.9 Å². The number of likely N-dealkylation sites (N-methyl/N-ethyl adjacent to an activating group) is 1. The van der Waals surface area contributed by atoms with E-state index in [0.717, 1.165) is 21.3 Å². The van der Waals surface area contributed by atoms with Crippen LogP contribution in [0.4, 0.5) is 0 Å². The molecular formula is C23H21BrN2O2. The first-order valence-electron chi connectivity index (χ1n) is 8.84. The lowest BCUT2D eigenvalue weighted by molar-refractivity contribution is -0.126. The highest BCUT2D eigenvalue weighted by molar-refractivity contribution is 9.10. The summed E-state index contributed by atoms with van der Waals surface area (Å²) < 4.78 is 6.29. The van der Waals surface area contributed by atoms with Crippen molar-refractivity contribution in [3.8, 4) is 5.75 Å². The Balaban J connectivity index is 1.90. The molecule has 0 saturated heterocycles. The zero-order chi connectivity index (χ0) is 19.9. The molecule has 1 unspecified atom stereocenters. The first-order valence-corrected chi connectivity index (χ1v) is 9.63. The lowest BCUT2D eigenvalue weighted by Gasteiger charge is -2.27. The van der Waals surface area contributed by atoms with Gasteiger partial charge in [0.05, 0.1) is 18.8 Å². The van der Waals surface area contributed by atoms with Gasteiger partial charge in [-0.2, -0.15) is 0 Å². The molecule has 1 aromatic heterocycles. The van der Waals surface area contributed by atoms with Crippen molar-refractivity contribution in [1.82, 2.24) is 9.88 Å². The molecule has 0 N–H and O–H groups in total. The van der Waals surface area contributed by atoms with Crippen molar-refractivity contribution in [3.63, 3.8) is 0 Å². The average molecular weight is 437 g/mol. The fourth-order valence-electron chi connectivity index (χ4n) is 3.01. The summed E-state index contributed by atoms with van der Waals surface area (Å²) in [5.74, 6) is 0.584. The summed E-state index contributed by atoms with van der Waals surface area (Å²) in [5, 5.41) is 0. The van der Waals surface area contributed by atoms with Gasteiger partial charge in [0.1, 0.15) is 5.75 Å². The van der Waals surface area contributed by atoms with Crippen LogP contribution in [0.3, 0.4) is 0 Å². The van der Waals surface area contributed by atoms with Crippen molar-refractivity contribution >= 4 is 27.9 Å². The lowest BCUT2D eigenvalue weighted by Crippen LogP contribution is -2.31. The zero-order valence-electron chi connectivity index (χ0n) is 15.7. The lowest BCUT2D eigenvalue weighted by atomic mass is 10.0. The van der Waals surface area contributed by atoms with E-state index >= 15 is 0 Å². The SMILES string of the molecule is COc1ccc(Br)cc1C=CC(=O)N(C)C(c1ccccc1)c1ccccn1. The molecule has 0 aliphatic heterocycles. The Morgan fingerprint density at radius 3 is 2.54 bits per heavy atom. The van der Waals surface area contributed by atoms with E-state index in [-0.39, 0.29) is 11.9 Å². The number of benzene rings is 2. The number of hydrogen-bond donors (Lipinski definition) is 0. The Bertz CT molecular complexity index is 919. The Hall–Kier alpha value is -2.92. The minimum atomic E-state index is -0.274. The number of nitrogens with zero attached hydrogens (tertiary/aromatic N) is 2. The fraction of sp³-hybridized carbons (Fsp3) is 0.130. The first-order chi connectivity index (χ1) is 13.6. The van der Waals surface area contributed by atoms with Crippen LogP contribution in [0.2, 0.25) is 0 Å². The van der Waals surface area contributed by atoms with Crippen LogP contribution in [0, 0.1) is 0 Å². The van der Waals surface area contributed by atoms with E-state index in [2.05, 4.69) is 20.9 Å². The fourth-order valence-corrected chi connectivity index (χ4v) is 3.39. The van der Waals surface area contributed by atoms with E-state index in [4.69, 9.17) is 4.74 Å². The largest absolute Gasteiger partial charge is 0.496 e. The molecule has 142 valence electrons. The molecule has 4 nitrogen and oxygen atoms in total. The quantitative estimate of drug-likeness (QED) is 0.503. The zero-order valence-corrected chi connectivity index (χ0v) is 17.3. The number of carbonyl (C=O) groups is 1. The van der Waals surface area contributed by atoms with Crippen molar-refractivity contribution in [2.45, 2.75) is 6.04 Å². The highest BCUT2D eigenvalue weighted by Gasteiger charge is 2.23. The van der Waals surface area contributed by atoms with Gasteiger partial charge in [-0.1, -0.05) is 52.3 Å². The minimum Gasteiger partial charge on any atom is -0.496 e. The molecule has 0 saturated carbocycles. The number of halogens is 1. The highest BCUT2D eigenvalue weighted by atomic mass is 79.9. The Kier molecular flexibility index (Phi) is 6.61.